The first kappa shape index (κ1) is 24.5. The minimum Gasteiger partial charge on any atom is -0.358 e. The SMILES string of the molecule is CC(C)[Si](C(C)C)(C(C)C)n1cc(Cc2ccc(CCc3ccccc3)cc2)c2cccnc21. The van der Waals surface area contributed by atoms with E-state index >= 15 is 0 Å². The van der Waals surface area contributed by atoms with Gasteiger partial charge in [0.15, 0.2) is 8.24 Å². The molecule has 4 aromatic rings. The molecular weight excluding hydrogens is 428 g/mol. The van der Waals surface area contributed by atoms with E-state index in [-0.39, 0.29) is 0 Å². The number of aromatic nitrogens is 2. The molecule has 2 aromatic heterocycles. The molecular formula is C31H40N2Si. The zero-order chi connectivity index (χ0) is 24.3. The van der Waals surface area contributed by atoms with Crippen molar-refractivity contribution in [3.8, 4) is 0 Å². The molecule has 0 unspecified atom stereocenters. The van der Waals surface area contributed by atoms with Crippen LogP contribution in [-0.4, -0.2) is 17.5 Å². The average molecular weight is 469 g/mol. The first-order chi connectivity index (χ1) is 16.3. The molecule has 0 amide bonds. The quantitative estimate of drug-likeness (QED) is 0.225. The maximum atomic E-state index is 4.92. The third kappa shape index (κ3) is 4.63. The Balaban J connectivity index is 1.63. The summed E-state index contributed by atoms with van der Waals surface area (Å²) in [6, 6.07) is 24.4. The highest BCUT2D eigenvalue weighted by Gasteiger charge is 2.46. The molecule has 0 spiro atoms. The molecule has 2 aromatic carbocycles. The predicted octanol–water partition coefficient (Wildman–Crippen LogP) is 8.44. The summed E-state index contributed by atoms with van der Waals surface area (Å²) in [5.74, 6) is 0. The number of hydrogen-bond donors (Lipinski definition) is 0. The number of rotatable bonds is 9. The zero-order valence-corrected chi connectivity index (χ0v) is 22.8. The number of nitrogens with zero attached hydrogens (tertiary/aromatic N) is 2. The normalized spacial score (nSPS) is 12.4. The molecule has 3 heteroatoms. The highest BCUT2D eigenvalue weighted by Crippen LogP contribution is 2.44. The van der Waals surface area contributed by atoms with Gasteiger partial charge in [-0.2, -0.15) is 0 Å². The molecule has 0 fully saturated rings. The van der Waals surface area contributed by atoms with E-state index in [1.807, 2.05) is 6.20 Å². The first-order valence-electron chi connectivity index (χ1n) is 12.9. The molecule has 0 saturated carbocycles. The Morgan fingerprint density at radius 3 is 1.82 bits per heavy atom. The average Bonchev–Trinajstić information content (AvgIpc) is 3.17. The largest absolute Gasteiger partial charge is 0.358 e. The van der Waals surface area contributed by atoms with Crippen LogP contribution in [0.1, 0.15) is 63.8 Å². The third-order valence-electron chi connectivity index (χ3n) is 7.80. The Labute approximate surface area is 207 Å². The molecule has 0 aliphatic heterocycles. The van der Waals surface area contributed by atoms with Gasteiger partial charge in [0.1, 0.15) is 5.65 Å². The summed E-state index contributed by atoms with van der Waals surface area (Å²) in [6.07, 6.45) is 7.55. The molecule has 2 nitrogen and oxygen atoms in total. The number of aryl methyl sites for hydroxylation is 2. The molecule has 34 heavy (non-hydrogen) atoms. The maximum Gasteiger partial charge on any atom is 0.171 e. The van der Waals surface area contributed by atoms with Gasteiger partial charge in [-0.15, -0.1) is 0 Å². The molecule has 178 valence electrons. The summed E-state index contributed by atoms with van der Waals surface area (Å²) >= 11 is 0. The Kier molecular flexibility index (Phi) is 7.42. The van der Waals surface area contributed by atoms with E-state index in [1.54, 1.807) is 0 Å². The van der Waals surface area contributed by atoms with E-state index in [1.165, 1.54) is 33.3 Å². The second kappa shape index (κ2) is 10.3. The van der Waals surface area contributed by atoms with Gasteiger partial charge < -0.3 is 4.23 Å². The Hall–Kier alpha value is -2.65. The molecule has 0 bridgehead atoms. The predicted molar refractivity (Wildman–Crippen MR) is 149 cm³/mol. The van der Waals surface area contributed by atoms with E-state index < -0.39 is 8.24 Å². The fourth-order valence-electron chi connectivity index (χ4n) is 6.37. The zero-order valence-electron chi connectivity index (χ0n) is 21.8. The minimum atomic E-state index is -1.86. The van der Waals surface area contributed by atoms with Crippen molar-refractivity contribution < 1.29 is 0 Å². The molecule has 0 saturated heterocycles. The monoisotopic (exact) mass is 468 g/mol. The smallest absolute Gasteiger partial charge is 0.171 e. The summed E-state index contributed by atoms with van der Waals surface area (Å²) in [5.41, 5.74) is 8.68. The van der Waals surface area contributed by atoms with Gasteiger partial charge in [0.2, 0.25) is 0 Å². The van der Waals surface area contributed by atoms with Crippen molar-refractivity contribution in [1.82, 2.24) is 9.22 Å². The second-order valence-electron chi connectivity index (χ2n) is 10.7. The van der Waals surface area contributed by atoms with E-state index in [4.69, 9.17) is 4.98 Å². The van der Waals surface area contributed by atoms with Crippen LogP contribution in [0.15, 0.2) is 79.1 Å². The van der Waals surface area contributed by atoms with Gasteiger partial charge >= 0.3 is 0 Å². The summed E-state index contributed by atoms with van der Waals surface area (Å²) in [6.45, 7) is 14.6. The van der Waals surface area contributed by atoms with Crippen molar-refractivity contribution in [3.05, 3.63) is 101 Å². The summed E-state index contributed by atoms with van der Waals surface area (Å²) < 4.78 is 2.66. The van der Waals surface area contributed by atoms with Gasteiger partial charge in [-0.25, -0.2) is 4.98 Å². The van der Waals surface area contributed by atoms with E-state index in [9.17, 15) is 0 Å². The van der Waals surface area contributed by atoms with Crippen molar-refractivity contribution in [2.75, 3.05) is 0 Å². The van der Waals surface area contributed by atoms with Crippen LogP contribution in [0.4, 0.5) is 0 Å². The Morgan fingerprint density at radius 1 is 0.676 bits per heavy atom. The Morgan fingerprint density at radius 2 is 1.24 bits per heavy atom. The summed E-state index contributed by atoms with van der Waals surface area (Å²) in [5, 5.41) is 1.31. The first-order valence-corrected chi connectivity index (χ1v) is 15.1. The van der Waals surface area contributed by atoms with Gasteiger partial charge in [0.05, 0.1) is 0 Å². The lowest BCUT2D eigenvalue weighted by molar-refractivity contribution is 0.769. The van der Waals surface area contributed by atoms with Crippen molar-refractivity contribution in [2.24, 2.45) is 0 Å². The molecule has 0 N–H and O–H groups in total. The minimum absolute atomic E-state index is 0.641. The number of hydrogen-bond acceptors (Lipinski definition) is 1. The lowest BCUT2D eigenvalue weighted by Gasteiger charge is -2.44. The second-order valence-corrected chi connectivity index (χ2v) is 16.4. The van der Waals surface area contributed by atoms with Crippen molar-refractivity contribution in [3.63, 3.8) is 0 Å². The van der Waals surface area contributed by atoms with Crippen molar-refractivity contribution in [2.45, 2.75) is 77.4 Å². The molecule has 0 aliphatic rings. The standard InChI is InChI=1S/C31H40N2Si/c1-23(2)34(24(3)4,25(5)6)33-22-29(30-13-10-20-32-31(30)33)21-28-18-16-27(17-19-28)15-14-26-11-8-7-9-12-26/h7-13,16-20,22-25H,14-15,21H2,1-6H3. The molecule has 0 radical (unpaired) electrons. The fourth-order valence-corrected chi connectivity index (χ4v) is 13.0. The maximum absolute atomic E-state index is 4.92. The van der Waals surface area contributed by atoms with Crippen LogP contribution in [0, 0.1) is 0 Å². The summed E-state index contributed by atoms with van der Waals surface area (Å²) in [4.78, 5) is 4.92. The van der Waals surface area contributed by atoms with Crippen molar-refractivity contribution >= 4 is 19.3 Å². The van der Waals surface area contributed by atoms with E-state index in [2.05, 4.69) is 119 Å². The highest BCUT2D eigenvalue weighted by atomic mass is 28.3. The fraction of sp³-hybridized carbons (Fsp3) is 0.387. The van der Waals surface area contributed by atoms with Crippen LogP contribution in [0.2, 0.25) is 16.6 Å². The lowest BCUT2D eigenvalue weighted by atomic mass is 10.0. The van der Waals surface area contributed by atoms with Gasteiger partial charge in [-0.1, -0.05) is 96.1 Å². The lowest BCUT2D eigenvalue weighted by Crippen LogP contribution is -2.51. The van der Waals surface area contributed by atoms with Gasteiger partial charge in [0, 0.05) is 17.8 Å². The Bertz CT molecular complexity index is 1180. The number of benzene rings is 2. The van der Waals surface area contributed by atoms with Gasteiger partial charge in [0.25, 0.3) is 0 Å². The number of pyridine rings is 1. The molecule has 0 atom stereocenters. The topological polar surface area (TPSA) is 17.8 Å². The van der Waals surface area contributed by atoms with Crippen LogP contribution >= 0.6 is 0 Å². The third-order valence-corrected chi connectivity index (χ3v) is 14.5. The van der Waals surface area contributed by atoms with Crippen LogP contribution < -0.4 is 0 Å². The van der Waals surface area contributed by atoms with Crippen molar-refractivity contribution in [1.29, 1.82) is 0 Å². The molecule has 0 aliphatic carbocycles. The molecule has 4 rings (SSSR count). The molecule has 2 heterocycles. The van der Waals surface area contributed by atoms with Gasteiger partial charge in [-0.05, 0) is 70.3 Å². The summed E-state index contributed by atoms with van der Waals surface area (Å²) in [7, 11) is -1.86. The highest BCUT2D eigenvalue weighted by molar-refractivity contribution is 6.82. The van der Waals surface area contributed by atoms with Gasteiger partial charge in [-0.3, -0.25) is 0 Å². The van der Waals surface area contributed by atoms with E-state index in [0.717, 1.165) is 19.3 Å². The van der Waals surface area contributed by atoms with E-state index in [0.29, 0.717) is 16.6 Å². The van der Waals surface area contributed by atoms with Crippen LogP contribution in [-0.2, 0) is 19.3 Å². The number of fused-ring (bicyclic) bond motifs is 1. The van der Waals surface area contributed by atoms with Crippen LogP contribution in [0.5, 0.6) is 0 Å². The van der Waals surface area contributed by atoms with Crippen LogP contribution in [0.25, 0.3) is 11.0 Å². The van der Waals surface area contributed by atoms with Crippen LogP contribution in [0.3, 0.4) is 0 Å².